The third kappa shape index (κ3) is 3.23. The standard InChI is InChI=1S/C17H20ClN3O/c1-11(2)16-19-15-6-7-21(10-14(15)17(22)20-16)9-12-4-3-5-13(18)8-12/h3-5,8,11H,6-7,9-10H2,1-2H3,(H,19,20,22). The Labute approximate surface area is 135 Å². The van der Waals surface area contributed by atoms with Crippen LogP contribution in [0.2, 0.25) is 5.02 Å². The Kier molecular flexibility index (Phi) is 4.32. The van der Waals surface area contributed by atoms with Crippen molar-refractivity contribution in [1.82, 2.24) is 14.9 Å². The minimum atomic E-state index is 0.00416. The fourth-order valence-corrected chi connectivity index (χ4v) is 3.01. The van der Waals surface area contributed by atoms with Gasteiger partial charge in [0.05, 0.1) is 11.3 Å². The van der Waals surface area contributed by atoms with Gasteiger partial charge in [0.1, 0.15) is 5.82 Å². The maximum atomic E-state index is 12.3. The molecule has 1 aliphatic rings. The summed E-state index contributed by atoms with van der Waals surface area (Å²) >= 11 is 6.03. The highest BCUT2D eigenvalue weighted by molar-refractivity contribution is 6.30. The second kappa shape index (κ2) is 6.23. The highest BCUT2D eigenvalue weighted by atomic mass is 35.5. The van der Waals surface area contributed by atoms with Crippen molar-refractivity contribution in [1.29, 1.82) is 0 Å². The third-order valence-corrected chi connectivity index (χ3v) is 4.24. The zero-order valence-electron chi connectivity index (χ0n) is 12.9. The smallest absolute Gasteiger partial charge is 0.255 e. The molecule has 1 aromatic heterocycles. The van der Waals surface area contributed by atoms with Crippen LogP contribution in [-0.2, 0) is 19.5 Å². The number of aromatic nitrogens is 2. The van der Waals surface area contributed by atoms with E-state index in [1.54, 1.807) is 0 Å². The van der Waals surface area contributed by atoms with Gasteiger partial charge in [-0.25, -0.2) is 4.98 Å². The van der Waals surface area contributed by atoms with Gasteiger partial charge in [-0.15, -0.1) is 0 Å². The van der Waals surface area contributed by atoms with E-state index in [1.165, 1.54) is 5.56 Å². The lowest BCUT2D eigenvalue weighted by molar-refractivity contribution is 0.241. The van der Waals surface area contributed by atoms with Crippen LogP contribution in [0.15, 0.2) is 29.1 Å². The fraction of sp³-hybridized carbons (Fsp3) is 0.412. The van der Waals surface area contributed by atoms with Crippen molar-refractivity contribution in [2.24, 2.45) is 0 Å². The van der Waals surface area contributed by atoms with E-state index < -0.39 is 0 Å². The van der Waals surface area contributed by atoms with Crippen molar-refractivity contribution in [2.45, 2.75) is 39.3 Å². The number of benzene rings is 1. The summed E-state index contributed by atoms with van der Waals surface area (Å²) in [4.78, 5) is 22.1. The SMILES string of the molecule is CC(C)c1nc2c(c(=O)[nH]1)CN(Cc1cccc(Cl)c1)CC2. The first kappa shape index (κ1) is 15.3. The Bertz CT molecular complexity index is 739. The van der Waals surface area contributed by atoms with E-state index in [1.807, 2.05) is 32.0 Å². The molecule has 22 heavy (non-hydrogen) atoms. The molecule has 0 saturated heterocycles. The molecule has 5 heteroatoms. The molecule has 1 aliphatic heterocycles. The minimum absolute atomic E-state index is 0.00416. The van der Waals surface area contributed by atoms with Crippen molar-refractivity contribution in [3.8, 4) is 0 Å². The largest absolute Gasteiger partial charge is 0.310 e. The molecule has 2 heterocycles. The molecule has 1 N–H and O–H groups in total. The topological polar surface area (TPSA) is 49.0 Å². The number of aromatic amines is 1. The van der Waals surface area contributed by atoms with Gasteiger partial charge >= 0.3 is 0 Å². The molecule has 2 aromatic rings. The summed E-state index contributed by atoms with van der Waals surface area (Å²) in [6, 6.07) is 7.87. The molecule has 0 aliphatic carbocycles. The zero-order valence-corrected chi connectivity index (χ0v) is 13.7. The molecular formula is C17H20ClN3O. The average molecular weight is 318 g/mol. The first-order valence-electron chi connectivity index (χ1n) is 7.61. The monoisotopic (exact) mass is 317 g/mol. The maximum absolute atomic E-state index is 12.3. The number of nitrogens with zero attached hydrogens (tertiary/aromatic N) is 2. The van der Waals surface area contributed by atoms with Crippen molar-refractivity contribution >= 4 is 11.6 Å². The molecule has 4 nitrogen and oxygen atoms in total. The van der Waals surface area contributed by atoms with Crippen LogP contribution in [0, 0.1) is 0 Å². The molecule has 0 saturated carbocycles. The molecular weight excluding hydrogens is 298 g/mol. The molecule has 0 bridgehead atoms. The van der Waals surface area contributed by atoms with E-state index >= 15 is 0 Å². The van der Waals surface area contributed by atoms with Crippen molar-refractivity contribution in [3.05, 3.63) is 62.3 Å². The molecule has 0 spiro atoms. The molecule has 0 amide bonds. The Hall–Kier alpha value is -1.65. The van der Waals surface area contributed by atoms with E-state index in [9.17, 15) is 4.79 Å². The van der Waals surface area contributed by atoms with Gasteiger partial charge in [0, 0.05) is 37.0 Å². The van der Waals surface area contributed by atoms with Crippen LogP contribution >= 0.6 is 11.6 Å². The van der Waals surface area contributed by atoms with Crippen molar-refractivity contribution in [3.63, 3.8) is 0 Å². The van der Waals surface area contributed by atoms with Crippen LogP contribution in [0.5, 0.6) is 0 Å². The van der Waals surface area contributed by atoms with Crippen LogP contribution in [0.25, 0.3) is 0 Å². The summed E-state index contributed by atoms with van der Waals surface area (Å²) in [6.45, 7) is 6.43. The molecule has 0 atom stereocenters. The van der Waals surface area contributed by atoms with E-state index in [0.717, 1.165) is 41.6 Å². The van der Waals surface area contributed by atoms with Crippen molar-refractivity contribution < 1.29 is 0 Å². The third-order valence-electron chi connectivity index (χ3n) is 4.01. The summed E-state index contributed by atoms with van der Waals surface area (Å²) in [7, 11) is 0. The predicted octanol–water partition coefficient (Wildman–Crippen LogP) is 3.11. The maximum Gasteiger partial charge on any atom is 0.255 e. The van der Waals surface area contributed by atoms with Gasteiger partial charge in [-0.2, -0.15) is 0 Å². The summed E-state index contributed by atoms with van der Waals surface area (Å²) in [5.41, 5.74) is 2.93. The number of rotatable bonds is 3. The van der Waals surface area contributed by atoms with E-state index in [0.29, 0.717) is 6.54 Å². The lowest BCUT2D eigenvalue weighted by Gasteiger charge is -2.28. The normalized spacial score (nSPS) is 15.1. The number of hydrogen-bond acceptors (Lipinski definition) is 3. The molecule has 1 aromatic carbocycles. The van der Waals surface area contributed by atoms with E-state index in [4.69, 9.17) is 11.6 Å². The van der Waals surface area contributed by atoms with Gasteiger partial charge in [0.2, 0.25) is 0 Å². The number of hydrogen-bond donors (Lipinski definition) is 1. The Balaban J connectivity index is 1.81. The number of halogens is 1. The van der Waals surface area contributed by atoms with Gasteiger partial charge in [-0.05, 0) is 17.7 Å². The summed E-state index contributed by atoms with van der Waals surface area (Å²) < 4.78 is 0. The van der Waals surface area contributed by atoms with E-state index in [2.05, 4.69) is 20.9 Å². The van der Waals surface area contributed by atoms with Gasteiger partial charge in [-0.1, -0.05) is 37.6 Å². The van der Waals surface area contributed by atoms with Crippen LogP contribution in [-0.4, -0.2) is 21.4 Å². The minimum Gasteiger partial charge on any atom is -0.310 e. The highest BCUT2D eigenvalue weighted by Crippen LogP contribution is 2.19. The predicted molar refractivity (Wildman–Crippen MR) is 88.2 cm³/mol. The first-order valence-corrected chi connectivity index (χ1v) is 7.99. The second-order valence-electron chi connectivity index (χ2n) is 6.12. The Morgan fingerprint density at radius 3 is 2.95 bits per heavy atom. The summed E-state index contributed by atoms with van der Waals surface area (Å²) in [5.74, 6) is 1.02. The number of nitrogens with one attached hydrogen (secondary N) is 1. The number of H-pyrrole nitrogens is 1. The average Bonchev–Trinajstić information content (AvgIpc) is 2.47. The lowest BCUT2D eigenvalue weighted by Crippen LogP contribution is -2.35. The lowest BCUT2D eigenvalue weighted by atomic mass is 10.0. The zero-order chi connectivity index (χ0) is 15.7. The fourth-order valence-electron chi connectivity index (χ4n) is 2.80. The summed E-state index contributed by atoms with van der Waals surface area (Å²) in [6.07, 6.45) is 0.819. The Morgan fingerprint density at radius 2 is 2.23 bits per heavy atom. The van der Waals surface area contributed by atoms with E-state index in [-0.39, 0.29) is 11.5 Å². The molecule has 0 unspecified atom stereocenters. The van der Waals surface area contributed by atoms with Crippen molar-refractivity contribution in [2.75, 3.05) is 6.54 Å². The molecule has 116 valence electrons. The molecule has 0 radical (unpaired) electrons. The summed E-state index contributed by atoms with van der Waals surface area (Å²) in [5, 5.41) is 0.746. The van der Waals surface area contributed by atoms with Crippen LogP contribution < -0.4 is 5.56 Å². The van der Waals surface area contributed by atoms with Gasteiger partial charge in [0.25, 0.3) is 5.56 Å². The first-order chi connectivity index (χ1) is 10.5. The number of fused-ring (bicyclic) bond motifs is 1. The second-order valence-corrected chi connectivity index (χ2v) is 6.56. The van der Waals surface area contributed by atoms with Crippen LogP contribution in [0.4, 0.5) is 0 Å². The molecule has 0 fully saturated rings. The van der Waals surface area contributed by atoms with Gasteiger partial charge < -0.3 is 4.98 Å². The molecule has 3 rings (SSSR count). The van der Waals surface area contributed by atoms with Crippen LogP contribution in [0.3, 0.4) is 0 Å². The van der Waals surface area contributed by atoms with Gasteiger partial charge in [0.15, 0.2) is 0 Å². The van der Waals surface area contributed by atoms with Gasteiger partial charge in [-0.3, -0.25) is 9.69 Å². The quantitative estimate of drug-likeness (QED) is 0.946. The van der Waals surface area contributed by atoms with Crippen LogP contribution in [0.1, 0.15) is 42.4 Å². The highest BCUT2D eigenvalue weighted by Gasteiger charge is 2.21. The Morgan fingerprint density at radius 1 is 1.41 bits per heavy atom.